The Morgan fingerprint density at radius 1 is 1.14 bits per heavy atom. The van der Waals surface area contributed by atoms with Crippen LogP contribution in [-0.4, -0.2) is 40.4 Å². The Labute approximate surface area is 212 Å². The van der Waals surface area contributed by atoms with Crippen molar-refractivity contribution in [2.75, 3.05) is 17.7 Å². The highest BCUT2D eigenvalue weighted by Crippen LogP contribution is 2.44. The van der Waals surface area contributed by atoms with E-state index in [1.54, 1.807) is 37.7 Å². The number of ketones is 1. The molecule has 0 unspecified atom stereocenters. The van der Waals surface area contributed by atoms with E-state index in [1.807, 2.05) is 30.3 Å². The van der Waals surface area contributed by atoms with E-state index < -0.39 is 5.54 Å². The number of H-pyrrole nitrogens is 1. The van der Waals surface area contributed by atoms with E-state index in [4.69, 9.17) is 21.1 Å². The quantitative estimate of drug-likeness (QED) is 0.309. The molecule has 1 amide bonds. The third-order valence-electron chi connectivity index (χ3n) is 6.96. The summed E-state index contributed by atoms with van der Waals surface area (Å²) in [5.74, 6) is 0.824. The van der Waals surface area contributed by atoms with Crippen LogP contribution in [0, 0.1) is 0 Å². The lowest BCUT2D eigenvalue weighted by Gasteiger charge is -2.36. The van der Waals surface area contributed by atoms with Gasteiger partial charge < -0.3 is 25.1 Å². The number of pyridine rings is 1. The number of carbonyl (C=O) groups excluding carboxylic acids is 2. The molecule has 8 nitrogen and oxygen atoms in total. The highest BCUT2D eigenvalue weighted by Gasteiger charge is 2.48. The van der Waals surface area contributed by atoms with Crippen LogP contribution in [0.15, 0.2) is 60.9 Å². The summed E-state index contributed by atoms with van der Waals surface area (Å²) in [6, 6.07) is 14.3. The summed E-state index contributed by atoms with van der Waals surface area (Å²) in [6.07, 6.45) is 5.15. The number of halogens is 1. The topological polar surface area (TPSA) is 105 Å². The Morgan fingerprint density at radius 2 is 1.97 bits per heavy atom. The molecule has 3 heterocycles. The first kappa shape index (κ1) is 22.6. The Balaban J connectivity index is 1.36. The van der Waals surface area contributed by atoms with Gasteiger partial charge in [-0.25, -0.2) is 4.98 Å². The Morgan fingerprint density at radius 3 is 2.72 bits per heavy atom. The highest BCUT2D eigenvalue weighted by atomic mass is 35.5. The number of aromatic nitrogens is 2. The molecule has 6 rings (SSSR count). The van der Waals surface area contributed by atoms with Crippen LogP contribution < -0.4 is 15.4 Å². The monoisotopic (exact) mass is 502 g/mol. The third kappa shape index (κ3) is 3.70. The molecule has 2 aliphatic rings. The summed E-state index contributed by atoms with van der Waals surface area (Å²) >= 11 is 6.54. The fraction of sp³-hybridized carbons (Fsp3) is 0.222. The molecule has 0 saturated heterocycles. The number of para-hydroxylation sites is 1. The van der Waals surface area contributed by atoms with Gasteiger partial charge in [0.05, 0.1) is 39.6 Å². The molecule has 1 aliphatic heterocycles. The first-order valence-electron chi connectivity index (χ1n) is 11.7. The lowest BCUT2D eigenvalue weighted by atomic mass is 9.92. The van der Waals surface area contributed by atoms with Gasteiger partial charge in [-0.15, -0.1) is 0 Å². The van der Waals surface area contributed by atoms with E-state index in [-0.39, 0.29) is 22.8 Å². The summed E-state index contributed by atoms with van der Waals surface area (Å²) in [5, 5.41) is 7.32. The molecule has 4 aromatic rings. The number of anilines is 2. The van der Waals surface area contributed by atoms with Crippen molar-refractivity contribution in [2.45, 2.75) is 30.9 Å². The van der Waals surface area contributed by atoms with Crippen LogP contribution in [0.5, 0.6) is 11.5 Å². The van der Waals surface area contributed by atoms with Crippen molar-refractivity contribution in [3.05, 3.63) is 77.1 Å². The number of aromatic amines is 1. The highest BCUT2D eigenvalue weighted by molar-refractivity contribution is 6.36. The van der Waals surface area contributed by atoms with E-state index in [1.165, 1.54) is 0 Å². The van der Waals surface area contributed by atoms with Crippen LogP contribution >= 0.6 is 11.6 Å². The van der Waals surface area contributed by atoms with E-state index in [0.717, 1.165) is 6.42 Å². The molecule has 2 atom stereocenters. The Bertz CT molecular complexity index is 1500. The van der Waals surface area contributed by atoms with Crippen molar-refractivity contribution in [3.8, 4) is 11.5 Å². The summed E-state index contributed by atoms with van der Waals surface area (Å²) in [4.78, 5) is 34.2. The normalized spacial score (nSPS) is 20.7. The lowest BCUT2D eigenvalue weighted by Crippen LogP contribution is -2.51. The predicted molar refractivity (Wildman–Crippen MR) is 137 cm³/mol. The van der Waals surface area contributed by atoms with Gasteiger partial charge in [-0.1, -0.05) is 29.8 Å². The largest absolute Gasteiger partial charge is 0.457 e. The van der Waals surface area contributed by atoms with Crippen LogP contribution in [0.25, 0.3) is 11.0 Å². The Kier molecular flexibility index (Phi) is 5.43. The molecular weight excluding hydrogens is 480 g/mol. The average molecular weight is 503 g/mol. The molecule has 182 valence electrons. The fourth-order valence-electron chi connectivity index (χ4n) is 5.07. The zero-order chi connectivity index (χ0) is 24.9. The van der Waals surface area contributed by atoms with E-state index >= 15 is 0 Å². The summed E-state index contributed by atoms with van der Waals surface area (Å²) < 4.78 is 11.3. The van der Waals surface area contributed by atoms with Crippen LogP contribution in [0.2, 0.25) is 5.02 Å². The second kappa shape index (κ2) is 8.65. The Hall–Kier alpha value is -3.88. The first-order valence-corrected chi connectivity index (χ1v) is 12.0. The van der Waals surface area contributed by atoms with E-state index in [0.29, 0.717) is 57.9 Å². The third-order valence-corrected chi connectivity index (χ3v) is 7.27. The van der Waals surface area contributed by atoms with Crippen molar-refractivity contribution in [2.24, 2.45) is 0 Å². The number of carbonyl (C=O) groups is 2. The van der Waals surface area contributed by atoms with E-state index in [2.05, 4.69) is 20.6 Å². The van der Waals surface area contributed by atoms with Crippen molar-refractivity contribution in [1.82, 2.24) is 9.97 Å². The number of rotatable bonds is 5. The number of ether oxygens (including phenoxy) is 2. The number of hydrogen-bond donors (Lipinski definition) is 3. The number of benzene rings is 2. The van der Waals surface area contributed by atoms with Gasteiger partial charge >= 0.3 is 0 Å². The van der Waals surface area contributed by atoms with Crippen LogP contribution in [0.1, 0.15) is 35.2 Å². The standard InChI is InChI=1S/C27H23ClN4O4/c1-35-17-9-10-27(12-17)26(34)31-21-14-30-25-22(23(21)32-27)19(13-29-25)24(33)18-8-7-16(11-20(18)28)36-15-5-3-2-4-6-15/h2-8,11,13-14,17,32H,9-10,12H2,1H3,(H,29,30)(H,31,34)/t17-,27+/m0/s1. The van der Waals surface area contributed by atoms with Gasteiger partial charge in [-0.2, -0.15) is 0 Å². The first-order chi connectivity index (χ1) is 17.5. The maximum absolute atomic E-state index is 13.7. The van der Waals surface area contributed by atoms with Gasteiger partial charge in [-0.05, 0) is 37.1 Å². The minimum atomic E-state index is -0.798. The van der Waals surface area contributed by atoms with Crippen LogP contribution in [-0.2, 0) is 9.53 Å². The molecule has 2 aromatic carbocycles. The van der Waals surface area contributed by atoms with Crippen molar-refractivity contribution in [1.29, 1.82) is 0 Å². The molecule has 1 spiro atoms. The van der Waals surface area contributed by atoms with Gasteiger partial charge in [0, 0.05) is 31.4 Å². The maximum Gasteiger partial charge on any atom is 0.250 e. The molecule has 2 aromatic heterocycles. The van der Waals surface area contributed by atoms with Crippen molar-refractivity contribution in [3.63, 3.8) is 0 Å². The molecule has 36 heavy (non-hydrogen) atoms. The number of methoxy groups -OCH3 is 1. The molecule has 9 heteroatoms. The smallest absolute Gasteiger partial charge is 0.250 e. The number of nitrogens with one attached hydrogen (secondary N) is 3. The number of hydrogen-bond acceptors (Lipinski definition) is 6. The minimum Gasteiger partial charge on any atom is -0.457 e. The molecule has 0 radical (unpaired) electrons. The number of amides is 1. The number of nitrogens with zero attached hydrogens (tertiary/aromatic N) is 1. The minimum absolute atomic E-state index is 0.00937. The zero-order valence-electron chi connectivity index (χ0n) is 19.4. The van der Waals surface area contributed by atoms with E-state index in [9.17, 15) is 9.59 Å². The maximum atomic E-state index is 13.7. The van der Waals surface area contributed by atoms with Gasteiger partial charge in [0.2, 0.25) is 5.91 Å². The van der Waals surface area contributed by atoms with Crippen molar-refractivity contribution < 1.29 is 19.1 Å². The SMILES string of the molecule is CO[C@H]1CC[C@]2(C1)Nc1c(cnc3[nH]cc(C(=O)c4ccc(Oc5ccccc5)cc4Cl)c13)NC2=O. The average Bonchev–Trinajstić information content (AvgIpc) is 3.51. The van der Waals surface area contributed by atoms with Gasteiger partial charge in [0.1, 0.15) is 22.7 Å². The second-order valence-electron chi connectivity index (χ2n) is 9.12. The summed E-state index contributed by atoms with van der Waals surface area (Å²) in [5.41, 5.74) is 1.69. The fourth-order valence-corrected chi connectivity index (χ4v) is 5.33. The predicted octanol–water partition coefficient (Wildman–Crippen LogP) is 5.54. The van der Waals surface area contributed by atoms with Crippen LogP contribution in [0.4, 0.5) is 11.4 Å². The second-order valence-corrected chi connectivity index (χ2v) is 9.53. The summed E-state index contributed by atoms with van der Waals surface area (Å²) in [7, 11) is 1.66. The molecule has 3 N–H and O–H groups in total. The number of fused-ring (bicyclic) bond motifs is 3. The zero-order valence-corrected chi connectivity index (χ0v) is 20.2. The molecule has 1 aliphatic carbocycles. The summed E-state index contributed by atoms with van der Waals surface area (Å²) in [6.45, 7) is 0. The molecule has 1 fully saturated rings. The van der Waals surface area contributed by atoms with Crippen LogP contribution in [0.3, 0.4) is 0 Å². The molecular formula is C27H23ClN4O4. The van der Waals surface area contributed by atoms with Gasteiger partial charge in [0.25, 0.3) is 0 Å². The van der Waals surface area contributed by atoms with Gasteiger partial charge in [0.15, 0.2) is 5.78 Å². The van der Waals surface area contributed by atoms with Crippen molar-refractivity contribution >= 4 is 45.7 Å². The lowest BCUT2D eigenvalue weighted by molar-refractivity contribution is -0.120. The molecule has 0 bridgehead atoms. The molecule has 1 saturated carbocycles. The van der Waals surface area contributed by atoms with Gasteiger partial charge in [-0.3, -0.25) is 9.59 Å².